The van der Waals surface area contributed by atoms with Crippen molar-refractivity contribution in [3.05, 3.63) is 23.3 Å². The van der Waals surface area contributed by atoms with Crippen LogP contribution in [0.2, 0.25) is 0 Å². The highest BCUT2D eigenvalue weighted by Crippen LogP contribution is 2.38. The maximum Gasteiger partial charge on any atom is -0.0116 e. The molecule has 0 saturated heterocycles. The lowest BCUT2D eigenvalue weighted by Gasteiger charge is -2.28. The Morgan fingerprint density at radius 1 is 1.33 bits per heavy atom. The van der Waals surface area contributed by atoms with Crippen molar-refractivity contribution >= 4 is 0 Å². The van der Waals surface area contributed by atoms with Gasteiger partial charge in [0.1, 0.15) is 0 Å². The minimum Gasteiger partial charge on any atom is -0.0733 e. The molecule has 0 amide bonds. The zero-order valence-electron chi connectivity index (χ0n) is 8.78. The van der Waals surface area contributed by atoms with Gasteiger partial charge in [-0.05, 0) is 38.5 Å². The fraction of sp³-hybridized carbons (Fsp3) is 0.667. The van der Waals surface area contributed by atoms with E-state index in [2.05, 4.69) is 39.8 Å². The van der Waals surface area contributed by atoms with Gasteiger partial charge in [0, 0.05) is 0 Å². The molecule has 0 aromatic carbocycles. The van der Waals surface area contributed by atoms with Crippen molar-refractivity contribution in [2.24, 2.45) is 5.41 Å². The lowest BCUT2D eigenvalue weighted by atomic mass is 9.77. The topological polar surface area (TPSA) is 0 Å². The van der Waals surface area contributed by atoms with E-state index in [9.17, 15) is 0 Å². The Balaban J connectivity index is 2.86. The van der Waals surface area contributed by atoms with Crippen molar-refractivity contribution in [2.45, 2.75) is 47.0 Å². The summed E-state index contributed by atoms with van der Waals surface area (Å²) in [6, 6.07) is 0. The zero-order valence-corrected chi connectivity index (χ0v) is 8.78. The van der Waals surface area contributed by atoms with Crippen LogP contribution in [-0.2, 0) is 0 Å². The minimum atomic E-state index is 0.453. The number of hydrogen-bond acceptors (Lipinski definition) is 0. The van der Waals surface area contributed by atoms with Crippen LogP contribution in [0.15, 0.2) is 23.3 Å². The summed E-state index contributed by atoms with van der Waals surface area (Å²) >= 11 is 0. The Labute approximate surface area is 76.4 Å². The molecule has 1 unspecified atom stereocenters. The Kier molecular flexibility index (Phi) is 2.76. The molecule has 0 saturated carbocycles. The van der Waals surface area contributed by atoms with E-state index in [-0.39, 0.29) is 0 Å². The Hall–Kier alpha value is -0.520. The zero-order chi connectivity index (χ0) is 9.19. The molecule has 0 heterocycles. The second-order valence-corrected chi connectivity index (χ2v) is 4.28. The molecule has 0 spiro atoms. The van der Waals surface area contributed by atoms with Crippen LogP contribution < -0.4 is 0 Å². The predicted octanol–water partition coefficient (Wildman–Crippen LogP) is 4.09. The van der Waals surface area contributed by atoms with Crippen molar-refractivity contribution in [1.82, 2.24) is 0 Å². The second-order valence-electron chi connectivity index (χ2n) is 4.28. The average molecular weight is 164 g/mol. The molecule has 1 rings (SSSR count). The van der Waals surface area contributed by atoms with Crippen LogP contribution >= 0.6 is 0 Å². The van der Waals surface area contributed by atoms with Gasteiger partial charge >= 0.3 is 0 Å². The van der Waals surface area contributed by atoms with Gasteiger partial charge in [0.05, 0.1) is 0 Å². The fourth-order valence-electron chi connectivity index (χ4n) is 1.68. The first-order valence-electron chi connectivity index (χ1n) is 4.93. The molecule has 0 aromatic heterocycles. The van der Waals surface area contributed by atoms with Gasteiger partial charge in [0.25, 0.3) is 0 Å². The number of hydrogen-bond donors (Lipinski definition) is 0. The second kappa shape index (κ2) is 3.47. The van der Waals surface area contributed by atoms with E-state index in [1.807, 2.05) is 0 Å². The van der Waals surface area contributed by atoms with E-state index in [1.165, 1.54) is 24.8 Å². The Morgan fingerprint density at radius 2 is 2.00 bits per heavy atom. The highest BCUT2D eigenvalue weighted by atomic mass is 14.3. The minimum absolute atomic E-state index is 0.453. The largest absolute Gasteiger partial charge is 0.0733 e. The lowest BCUT2D eigenvalue weighted by Crippen LogP contribution is -2.15. The standard InChI is InChI=1S/C12H20/c1-5-12(4)9-8-10(2)6-7-11(12)3/h6-7H,5,8-9H2,1-4H3. The third-order valence-corrected chi connectivity index (χ3v) is 3.42. The third kappa shape index (κ3) is 1.80. The maximum absolute atomic E-state index is 2.38. The van der Waals surface area contributed by atoms with Gasteiger partial charge in [0.2, 0.25) is 0 Å². The molecular formula is C12H20. The SMILES string of the molecule is CCC1(C)CCC(C)=CC=C1C. The van der Waals surface area contributed by atoms with Gasteiger partial charge in [-0.2, -0.15) is 0 Å². The molecule has 0 N–H and O–H groups in total. The van der Waals surface area contributed by atoms with E-state index in [4.69, 9.17) is 0 Å². The van der Waals surface area contributed by atoms with Crippen LogP contribution in [0.1, 0.15) is 47.0 Å². The van der Waals surface area contributed by atoms with Gasteiger partial charge in [-0.1, -0.05) is 37.1 Å². The molecule has 1 aliphatic rings. The smallest absolute Gasteiger partial charge is 0.0116 e. The van der Waals surface area contributed by atoms with Gasteiger partial charge in [-0.3, -0.25) is 0 Å². The third-order valence-electron chi connectivity index (χ3n) is 3.42. The Morgan fingerprint density at radius 3 is 2.58 bits per heavy atom. The molecular weight excluding hydrogens is 144 g/mol. The first-order chi connectivity index (χ1) is 5.58. The van der Waals surface area contributed by atoms with E-state index in [0.717, 1.165) is 0 Å². The van der Waals surface area contributed by atoms with Gasteiger partial charge < -0.3 is 0 Å². The highest BCUT2D eigenvalue weighted by Gasteiger charge is 2.24. The fourth-order valence-corrected chi connectivity index (χ4v) is 1.68. The molecule has 1 aliphatic carbocycles. The van der Waals surface area contributed by atoms with Crippen LogP contribution in [-0.4, -0.2) is 0 Å². The molecule has 0 bridgehead atoms. The summed E-state index contributed by atoms with van der Waals surface area (Å²) in [7, 11) is 0. The highest BCUT2D eigenvalue weighted by molar-refractivity contribution is 5.23. The molecule has 0 aliphatic heterocycles. The molecule has 68 valence electrons. The molecule has 0 heteroatoms. The molecule has 12 heavy (non-hydrogen) atoms. The summed E-state index contributed by atoms with van der Waals surface area (Å²) in [6.45, 7) is 9.16. The van der Waals surface area contributed by atoms with Crippen LogP contribution in [0, 0.1) is 5.41 Å². The molecule has 1 atom stereocenters. The van der Waals surface area contributed by atoms with Crippen molar-refractivity contribution in [3.63, 3.8) is 0 Å². The molecule has 0 nitrogen and oxygen atoms in total. The number of rotatable bonds is 1. The normalized spacial score (nSPS) is 30.7. The summed E-state index contributed by atoms with van der Waals surface area (Å²) in [6.07, 6.45) is 8.41. The molecule has 0 aromatic rings. The Bertz CT molecular complexity index is 220. The van der Waals surface area contributed by atoms with Gasteiger partial charge in [-0.15, -0.1) is 0 Å². The van der Waals surface area contributed by atoms with Gasteiger partial charge in [-0.25, -0.2) is 0 Å². The lowest BCUT2D eigenvalue weighted by molar-refractivity contribution is 0.353. The summed E-state index contributed by atoms with van der Waals surface area (Å²) in [5.74, 6) is 0. The van der Waals surface area contributed by atoms with Crippen LogP contribution in [0.5, 0.6) is 0 Å². The van der Waals surface area contributed by atoms with Crippen LogP contribution in [0.4, 0.5) is 0 Å². The quantitative estimate of drug-likeness (QED) is 0.547. The van der Waals surface area contributed by atoms with Crippen molar-refractivity contribution < 1.29 is 0 Å². The molecule has 0 fully saturated rings. The maximum atomic E-state index is 2.38. The summed E-state index contributed by atoms with van der Waals surface area (Å²) < 4.78 is 0. The van der Waals surface area contributed by atoms with Crippen LogP contribution in [0.25, 0.3) is 0 Å². The van der Waals surface area contributed by atoms with E-state index in [0.29, 0.717) is 5.41 Å². The van der Waals surface area contributed by atoms with Gasteiger partial charge in [0.15, 0.2) is 0 Å². The van der Waals surface area contributed by atoms with E-state index >= 15 is 0 Å². The summed E-state index contributed by atoms with van der Waals surface area (Å²) in [5.41, 5.74) is 3.52. The number of allylic oxidation sites excluding steroid dienone is 4. The van der Waals surface area contributed by atoms with Crippen molar-refractivity contribution in [2.75, 3.05) is 0 Å². The van der Waals surface area contributed by atoms with Crippen molar-refractivity contribution in [3.8, 4) is 0 Å². The van der Waals surface area contributed by atoms with Crippen molar-refractivity contribution in [1.29, 1.82) is 0 Å². The first kappa shape index (κ1) is 9.57. The van der Waals surface area contributed by atoms with E-state index in [1.54, 1.807) is 5.57 Å². The average Bonchev–Trinajstić information content (AvgIpc) is 2.19. The van der Waals surface area contributed by atoms with Crippen LogP contribution in [0.3, 0.4) is 0 Å². The van der Waals surface area contributed by atoms with E-state index < -0.39 is 0 Å². The predicted molar refractivity (Wildman–Crippen MR) is 55.1 cm³/mol. The first-order valence-corrected chi connectivity index (χ1v) is 4.93. The monoisotopic (exact) mass is 164 g/mol. The summed E-state index contributed by atoms with van der Waals surface area (Å²) in [5, 5.41) is 0. The summed E-state index contributed by atoms with van der Waals surface area (Å²) in [4.78, 5) is 0. The molecule has 0 radical (unpaired) electrons.